The van der Waals surface area contributed by atoms with Crippen molar-refractivity contribution in [2.45, 2.75) is 66.2 Å². The number of piperidine rings is 1. The van der Waals surface area contributed by atoms with Crippen LogP contribution < -0.4 is 4.74 Å². The normalized spacial score (nSPS) is 20.8. The number of aryl methyl sites for hydroxylation is 1. The van der Waals surface area contributed by atoms with Gasteiger partial charge in [-0.2, -0.15) is 0 Å². The van der Waals surface area contributed by atoms with E-state index in [9.17, 15) is 14.7 Å². The summed E-state index contributed by atoms with van der Waals surface area (Å²) >= 11 is 0. The van der Waals surface area contributed by atoms with Gasteiger partial charge in [0.2, 0.25) is 5.91 Å². The number of carboxylic acids is 1. The molecular weight excluding hydrogens is 366 g/mol. The van der Waals surface area contributed by atoms with E-state index in [2.05, 4.69) is 33.8 Å². The Bertz CT molecular complexity index is 765. The molecule has 0 bridgehead atoms. The molecule has 0 aromatic heterocycles. The molecule has 5 nitrogen and oxygen atoms in total. The number of likely N-dealkylation sites (tertiary alicyclic amines) is 1. The zero-order valence-electron chi connectivity index (χ0n) is 18.3. The Hall–Kier alpha value is -2.04. The summed E-state index contributed by atoms with van der Waals surface area (Å²) in [5.74, 6) is 0.425. The van der Waals surface area contributed by atoms with Gasteiger partial charge in [0, 0.05) is 19.0 Å². The van der Waals surface area contributed by atoms with Crippen molar-refractivity contribution in [1.29, 1.82) is 0 Å². The van der Waals surface area contributed by atoms with Gasteiger partial charge in [-0.1, -0.05) is 13.8 Å². The van der Waals surface area contributed by atoms with Crippen molar-refractivity contribution in [3.05, 3.63) is 28.3 Å². The smallest absolute Gasteiger partial charge is 0.306 e. The number of hydrogen-bond acceptors (Lipinski definition) is 3. The van der Waals surface area contributed by atoms with Crippen LogP contribution in [0.1, 0.15) is 61.8 Å². The Balaban J connectivity index is 1.70. The number of amides is 1. The predicted octanol–water partition coefficient (Wildman–Crippen LogP) is 4.16. The molecule has 5 heteroatoms. The summed E-state index contributed by atoms with van der Waals surface area (Å²) in [7, 11) is 0. The monoisotopic (exact) mass is 401 g/mol. The van der Waals surface area contributed by atoms with Crippen LogP contribution >= 0.6 is 0 Å². The van der Waals surface area contributed by atoms with E-state index < -0.39 is 5.97 Å². The molecule has 3 rings (SSSR count). The van der Waals surface area contributed by atoms with Crippen LogP contribution in [-0.4, -0.2) is 41.6 Å². The van der Waals surface area contributed by atoms with Crippen LogP contribution in [0.15, 0.2) is 6.07 Å². The van der Waals surface area contributed by atoms with Gasteiger partial charge in [-0.05, 0) is 86.6 Å². The van der Waals surface area contributed by atoms with Gasteiger partial charge >= 0.3 is 5.97 Å². The Morgan fingerprint density at radius 3 is 2.52 bits per heavy atom. The van der Waals surface area contributed by atoms with Crippen LogP contribution in [0.4, 0.5) is 0 Å². The van der Waals surface area contributed by atoms with Gasteiger partial charge < -0.3 is 14.7 Å². The van der Waals surface area contributed by atoms with E-state index in [4.69, 9.17) is 4.74 Å². The van der Waals surface area contributed by atoms with Crippen LogP contribution in [0.3, 0.4) is 0 Å². The highest BCUT2D eigenvalue weighted by atomic mass is 16.5. The van der Waals surface area contributed by atoms with Crippen LogP contribution in [0.25, 0.3) is 0 Å². The molecule has 0 radical (unpaired) electrons. The molecule has 0 spiro atoms. The zero-order valence-corrected chi connectivity index (χ0v) is 18.3. The molecule has 1 aromatic carbocycles. The highest BCUT2D eigenvalue weighted by molar-refractivity contribution is 5.79. The lowest BCUT2D eigenvalue weighted by Crippen LogP contribution is -2.44. The minimum absolute atomic E-state index is 0.0375. The first-order valence-corrected chi connectivity index (χ1v) is 11.1. The van der Waals surface area contributed by atoms with Gasteiger partial charge in [-0.25, -0.2) is 0 Å². The quantitative estimate of drug-likeness (QED) is 0.777. The Labute approximate surface area is 174 Å². The minimum atomic E-state index is -0.735. The third kappa shape index (κ3) is 4.59. The first kappa shape index (κ1) is 21.7. The summed E-state index contributed by atoms with van der Waals surface area (Å²) in [6.07, 6.45) is 5.09. The van der Waals surface area contributed by atoms with E-state index in [0.717, 1.165) is 38.0 Å². The average molecular weight is 402 g/mol. The average Bonchev–Trinajstić information content (AvgIpc) is 2.73. The summed E-state index contributed by atoms with van der Waals surface area (Å²) < 4.78 is 5.98. The maximum atomic E-state index is 13.1. The summed E-state index contributed by atoms with van der Waals surface area (Å²) in [5, 5.41) is 9.18. The second-order valence-corrected chi connectivity index (χ2v) is 8.85. The van der Waals surface area contributed by atoms with Crippen LogP contribution in [0.5, 0.6) is 5.75 Å². The first-order valence-electron chi connectivity index (χ1n) is 11.1. The molecule has 1 saturated heterocycles. The number of fused-ring (bicyclic) bond motifs is 1. The lowest BCUT2D eigenvalue weighted by Gasteiger charge is -2.36. The summed E-state index contributed by atoms with van der Waals surface area (Å²) in [6, 6.07) is 2.17. The molecule has 1 amide bonds. The van der Waals surface area contributed by atoms with Gasteiger partial charge in [-0.3, -0.25) is 9.59 Å². The molecule has 160 valence electrons. The van der Waals surface area contributed by atoms with E-state index in [1.807, 2.05) is 4.90 Å². The van der Waals surface area contributed by atoms with Crippen molar-refractivity contribution in [3.8, 4) is 5.75 Å². The molecule has 1 N–H and O–H groups in total. The molecule has 2 aliphatic rings. The Kier molecular flexibility index (Phi) is 6.86. The van der Waals surface area contributed by atoms with Crippen molar-refractivity contribution < 1.29 is 19.4 Å². The second-order valence-electron chi connectivity index (χ2n) is 8.85. The number of aliphatic carboxylic acids is 1. The number of benzene rings is 1. The van der Waals surface area contributed by atoms with Gasteiger partial charge in [0.15, 0.2) is 0 Å². The fourth-order valence-corrected chi connectivity index (χ4v) is 4.95. The molecule has 2 atom stereocenters. The molecule has 1 fully saturated rings. The number of nitrogens with zero attached hydrogens (tertiary/aromatic N) is 1. The lowest BCUT2D eigenvalue weighted by atomic mass is 9.74. The summed E-state index contributed by atoms with van der Waals surface area (Å²) in [6.45, 7) is 10.3. The van der Waals surface area contributed by atoms with Gasteiger partial charge in [0.25, 0.3) is 0 Å². The van der Waals surface area contributed by atoms with E-state index in [1.54, 1.807) is 0 Å². The molecule has 1 aromatic rings. The second kappa shape index (κ2) is 9.19. The molecular formula is C24H35NO4. The molecule has 1 aliphatic heterocycles. The summed E-state index contributed by atoms with van der Waals surface area (Å²) in [5.41, 5.74) is 5.33. The molecule has 0 saturated carbocycles. The van der Waals surface area contributed by atoms with Crippen molar-refractivity contribution >= 4 is 11.9 Å². The number of carbonyl (C=O) groups is 2. The van der Waals surface area contributed by atoms with E-state index in [1.165, 1.54) is 22.3 Å². The number of carboxylic acid groups (broad SMARTS) is 1. The Morgan fingerprint density at radius 2 is 1.90 bits per heavy atom. The van der Waals surface area contributed by atoms with Gasteiger partial charge in [0.1, 0.15) is 5.75 Å². The fourth-order valence-electron chi connectivity index (χ4n) is 4.95. The highest BCUT2D eigenvalue weighted by Gasteiger charge is 2.34. The van der Waals surface area contributed by atoms with Crippen LogP contribution in [0, 0.1) is 31.6 Å². The maximum absolute atomic E-state index is 13.1. The van der Waals surface area contributed by atoms with Crippen molar-refractivity contribution in [1.82, 2.24) is 4.90 Å². The fraction of sp³-hybridized carbons (Fsp3) is 0.667. The largest absolute Gasteiger partial charge is 0.493 e. The van der Waals surface area contributed by atoms with Crippen molar-refractivity contribution in [2.24, 2.45) is 17.8 Å². The zero-order chi connectivity index (χ0) is 21.1. The highest BCUT2D eigenvalue weighted by Crippen LogP contribution is 2.38. The number of hydrogen-bond donors (Lipinski definition) is 1. The van der Waals surface area contributed by atoms with Crippen molar-refractivity contribution in [2.75, 3.05) is 19.7 Å². The SMILES string of the molecule is CCCOc1cc(C)c2c(c1C)C[C@H](C(C)C(=O)N1CCC(C(=O)O)CC1)CC2. The predicted molar refractivity (Wildman–Crippen MR) is 113 cm³/mol. The number of ether oxygens (including phenoxy) is 1. The molecule has 1 heterocycles. The van der Waals surface area contributed by atoms with Gasteiger partial charge in [-0.15, -0.1) is 0 Å². The molecule has 1 unspecified atom stereocenters. The van der Waals surface area contributed by atoms with E-state index in [0.29, 0.717) is 31.8 Å². The van der Waals surface area contributed by atoms with E-state index >= 15 is 0 Å². The first-order chi connectivity index (χ1) is 13.8. The molecule has 29 heavy (non-hydrogen) atoms. The molecule has 1 aliphatic carbocycles. The Morgan fingerprint density at radius 1 is 1.21 bits per heavy atom. The third-order valence-corrected chi connectivity index (χ3v) is 6.96. The summed E-state index contributed by atoms with van der Waals surface area (Å²) in [4.78, 5) is 26.2. The van der Waals surface area contributed by atoms with Crippen LogP contribution in [-0.2, 0) is 22.4 Å². The third-order valence-electron chi connectivity index (χ3n) is 6.96. The topological polar surface area (TPSA) is 66.8 Å². The number of carbonyl (C=O) groups excluding carboxylic acids is 1. The minimum Gasteiger partial charge on any atom is -0.493 e. The van der Waals surface area contributed by atoms with E-state index in [-0.39, 0.29) is 17.7 Å². The standard InChI is InChI=1S/C24H35NO4/c1-5-12-29-22-13-15(2)20-7-6-19(14-21(20)17(22)4)16(3)23(26)25-10-8-18(9-11-25)24(27)28/h13,16,18-19H,5-12,14H2,1-4H3,(H,27,28)/t16?,19-/m1/s1. The van der Waals surface area contributed by atoms with Gasteiger partial charge in [0.05, 0.1) is 12.5 Å². The number of rotatable bonds is 6. The lowest BCUT2D eigenvalue weighted by molar-refractivity contribution is -0.147. The van der Waals surface area contributed by atoms with Crippen molar-refractivity contribution in [3.63, 3.8) is 0 Å². The maximum Gasteiger partial charge on any atom is 0.306 e. The van der Waals surface area contributed by atoms with Crippen LogP contribution in [0.2, 0.25) is 0 Å².